The molecule has 23 heavy (non-hydrogen) atoms. The van der Waals surface area contributed by atoms with Crippen LogP contribution in [0.3, 0.4) is 0 Å². The predicted octanol–water partition coefficient (Wildman–Crippen LogP) is 4.45. The van der Waals surface area contributed by atoms with E-state index in [2.05, 4.69) is 49.4 Å². The van der Waals surface area contributed by atoms with Gasteiger partial charge in [-0.25, -0.2) is 9.97 Å². The van der Waals surface area contributed by atoms with E-state index >= 15 is 0 Å². The second-order valence-corrected chi connectivity index (χ2v) is 6.37. The molecule has 2 N–H and O–H groups in total. The lowest BCUT2D eigenvalue weighted by atomic mass is 9.90. The molecule has 4 rings (SSSR count). The summed E-state index contributed by atoms with van der Waals surface area (Å²) in [6.07, 6.45) is 3.88. The normalized spacial score (nSPS) is 12.4. The number of anilines is 2. The van der Waals surface area contributed by atoms with Crippen LogP contribution in [0.1, 0.15) is 11.1 Å². The second kappa shape index (κ2) is 5.66. The number of aromatic hydroxyl groups is 1. The maximum atomic E-state index is 9.77. The number of aryl methyl sites for hydroxylation is 2. The van der Waals surface area contributed by atoms with Gasteiger partial charge in [0.1, 0.15) is 5.75 Å². The standard InChI is InChI=1S/C18H14BrN3O/c19-15-8-7-13(9-16(15)23)21-18-20-10-12-6-5-11-3-1-2-4-14(11)17(12)22-18/h1-4,7-10,23H,5-6H2,(H,20,21,22). The van der Waals surface area contributed by atoms with Gasteiger partial charge in [0.25, 0.3) is 0 Å². The number of hydrogen-bond donors (Lipinski definition) is 2. The fourth-order valence-corrected chi connectivity index (χ4v) is 3.09. The van der Waals surface area contributed by atoms with Crippen molar-refractivity contribution < 1.29 is 5.11 Å². The topological polar surface area (TPSA) is 58.0 Å². The highest BCUT2D eigenvalue weighted by molar-refractivity contribution is 9.10. The number of halogens is 1. The van der Waals surface area contributed by atoms with Gasteiger partial charge in [-0.2, -0.15) is 0 Å². The van der Waals surface area contributed by atoms with Gasteiger partial charge in [-0.05, 0) is 52.0 Å². The van der Waals surface area contributed by atoms with Crippen LogP contribution >= 0.6 is 15.9 Å². The van der Waals surface area contributed by atoms with Gasteiger partial charge in [0.15, 0.2) is 0 Å². The van der Waals surface area contributed by atoms with Gasteiger partial charge in [-0.15, -0.1) is 0 Å². The summed E-state index contributed by atoms with van der Waals surface area (Å²) < 4.78 is 0.656. The van der Waals surface area contributed by atoms with E-state index in [1.165, 1.54) is 16.7 Å². The Bertz CT molecular complexity index is 895. The van der Waals surface area contributed by atoms with Crippen LogP contribution in [0.25, 0.3) is 11.3 Å². The summed E-state index contributed by atoms with van der Waals surface area (Å²) >= 11 is 3.27. The molecular weight excluding hydrogens is 354 g/mol. The maximum Gasteiger partial charge on any atom is 0.227 e. The number of nitrogens with zero attached hydrogens (tertiary/aromatic N) is 2. The third-order valence-corrected chi connectivity index (χ3v) is 4.67. The summed E-state index contributed by atoms with van der Waals surface area (Å²) in [6, 6.07) is 13.6. The molecule has 2 aromatic carbocycles. The zero-order valence-electron chi connectivity index (χ0n) is 12.3. The Balaban J connectivity index is 1.71. The van der Waals surface area contributed by atoms with E-state index in [-0.39, 0.29) is 5.75 Å². The number of hydrogen-bond acceptors (Lipinski definition) is 4. The number of benzene rings is 2. The quantitative estimate of drug-likeness (QED) is 0.702. The lowest BCUT2D eigenvalue weighted by molar-refractivity contribution is 0.472. The van der Waals surface area contributed by atoms with Gasteiger partial charge in [-0.3, -0.25) is 0 Å². The molecule has 0 atom stereocenters. The van der Waals surface area contributed by atoms with Crippen molar-refractivity contribution in [1.29, 1.82) is 0 Å². The minimum atomic E-state index is 0.179. The van der Waals surface area contributed by atoms with Crippen molar-refractivity contribution in [3.8, 4) is 17.0 Å². The van der Waals surface area contributed by atoms with E-state index in [1.807, 2.05) is 18.3 Å². The molecule has 0 bridgehead atoms. The fourth-order valence-electron chi connectivity index (χ4n) is 2.84. The van der Waals surface area contributed by atoms with Crippen LogP contribution in [0.4, 0.5) is 11.6 Å². The molecule has 0 spiro atoms. The average molecular weight is 368 g/mol. The largest absolute Gasteiger partial charge is 0.507 e. The molecule has 4 nitrogen and oxygen atoms in total. The first-order valence-corrected chi connectivity index (χ1v) is 8.20. The smallest absolute Gasteiger partial charge is 0.227 e. The number of phenols is 1. The van der Waals surface area contributed by atoms with Crippen LogP contribution < -0.4 is 5.32 Å². The highest BCUT2D eigenvalue weighted by Crippen LogP contribution is 2.33. The molecular formula is C18H14BrN3O. The SMILES string of the molecule is Oc1cc(Nc2ncc3c(n2)-c2ccccc2CC3)ccc1Br. The van der Waals surface area contributed by atoms with Gasteiger partial charge < -0.3 is 10.4 Å². The predicted molar refractivity (Wildman–Crippen MR) is 94.0 cm³/mol. The summed E-state index contributed by atoms with van der Waals surface area (Å²) in [5, 5.41) is 12.9. The average Bonchev–Trinajstić information content (AvgIpc) is 2.58. The van der Waals surface area contributed by atoms with Crippen molar-refractivity contribution in [3.63, 3.8) is 0 Å². The van der Waals surface area contributed by atoms with E-state index in [9.17, 15) is 5.11 Å². The Hall–Kier alpha value is -2.40. The van der Waals surface area contributed by atoms with E-state index in [1.54, 1.807) is 12.1 Å². The Labute approximate surface area is 142 Å². The summed E-state index contributed by atoms with van der Waals surface area (Å²) in [5.41, 5.74) is 5.41. The molecule has 0 amide bonds. The lowest BCUT2D eigenvalue weighted by Crippen LogP contribution is -2.08. The summed E-state index contributed by atoms with van der Waals surface area (Å²) in [5.74, 6) is 0.709. The van der Waals surface area contributed by atoms with Crippen LogP contribution in [0.5, 0.6) is 5.75 Å². The first-order valence-electron chi connectivity index (χ1n) is 7.40. The summed E-state index contributed by atoms with van der Waals surface area (Å²) in [7, 11) is 0. The third kappa shape index (κ3) is 2.68. The first kappa shape index (κ1) is 14.2. The van der Waals surface area contributed by atoms with Gasteiger partial charge in [0, 0.05) is 23.5 Å². The molecule has 1 aliphatic rings. The van der Waals surface area contributed by atoms with Crippen molar-refractivity contribution in [2.75, 3.05) is 5.32 Å². The molecule has 1 aromatic heterocycles. The molecule has 0 unspecified atom stereocenters. The molecule has 1 heterocycles. The fraction of sp³-hybridized carbons (Fsp3) is 0.111. The molecule has 0 saturated heterocycles. The molecule has 114 valence electrons. The maximum absolute atomic E-state index is 9.77. The Morgan fingerprint density at radius 1 is 1.04 bits per heavy atom. The Kier molecular flexibility index (Phi) is 3.50. The van der Waals surface area contributed by atoms with E-state index in [0.717, 1.165) is 24.2 Å². The molecule has 3 aromatic rings. The summed E-state index contributed by atoms with van der Waals surface area (Å²) in [4.78, 5) is 9.08. The van der Waals surface area contributed by atoms with Gasteiger partial charge in [0.2, 0.25) is 5.95 Å². The minimum absolute atomic E-state index is 0.179. The van der Waals surface area contributed by atoms with Crippen molar-refractivity contribution in [2.24, 2.45) is 0 Å². The molecule has 0 radical (unpaired) electrons. The third-order valence-electron chi connectivity index (χ3n) is 4.00. The molecule has 0 aliphatic heterocycles. The molecule has 5 heteroatoms. The van der Waals surface area contributed by atoms with Gasteiger partial charge in [0.05, 0.1) is 10.2 Å². The zero-order chi connectivity index (χ0) is 15.8. The minimum Gasteiger partial charge on any atom is -0.507 e. The number of nitrogens with one attached hydrogen (secondary N) is 1. The van der Waals surface area contributed by atoms with E-state index in [4.69, 9.17) is 0 Å². The number of aromatic nitrogens is 2. The van der Waals surface area contributed by atoms with E-state index in [0.29, 0.717) is 10.4 Å². The molecule has 0 fully saturated rings. The monoisotopic (exact) mass is 367 g/mol. The van der Waals surface area contributed by atoms with Crippen LogP contribution in [-0.4, -0.2) is 15.1 Å². The first-order chi connectivity index (χ1) is 11.2. The number of phenolic OH excluding ortho intramolecular Hbond substituents is 1. The van der Waals surface area contributed by atoms with Crippen LogP contribution in [0.15, 0.2) is 53.1 Å². The molecule has 0 saturated carbocycles. The number of fused-ring (bicyclic) bond motifs is 3. The van der Waals surface area contributed by atoms with Crippen molar-refractivity contribution in [2.45, 2.75) is 12.8 Å². The van der Waals surface area contributed by atoms with E-state index < -0.39 is 0 Å². The molecule has 1 aliphatic carbocycles. The second-order valence-electron chi connectivity index (χ2n) is 5.52. The summed E-state index contributed by atoms with van der Waals surface area (Å²) in [6.45, 7) is 0. The van der Waals surface area contributed by atoms with Crippen molar-refractivity contribution in [3.05, 3.63) is 64.3 Å². The van der Waals surface area contributed by atoms with Crippen LogP contribution in [-0.2, 0) is 12.8 Å². The van der Waals surface area contributed by atoms with Crippen molar-refractivity contribution in [1.82, 2.24) is 9.97 Å². The van der Waals surface area contributed by atoms with Crippen molar-refractivity contribution >= 4 is 27.6 Å². The van der Waals surface area contributed by atoms with Gasteiger partial charge >= 0.3 is 0 Å². The Morgan fingerprint density at radius 3 is 2.74 bits per heavy atom. The van der Waals surface area contributed by atoms with Crippen LogP contribution in [0, 0.1) is 0 Å². The lowest BCUT2D eigenvalue weighted by Gasteiger charge is -2.19. The Morgan fingerprint density at radius 2 is 1.87 bits per heavy atom. The highest BCUT2D eigenvalue weighted by atomic mass is 79.9. The number of rotatable bonds is 2. The van der Waals surface area contributed by atoms with Gasteiger partial charge in [-0.1, -0.05) is 24.3 Å². The van der Waals surface area contributed by atoms with Crippen LogP contribution in [0.2, 0.25) is 0 Å². The highest BCUT2D eigenvalue weighted by Gasteiger charge is 2.18. The zero-order valence-corrected chi connectivity index (χ0v) is 13.8.